The molecule has 20 heavy (non-hydrogen) atoms. The SMILES string of the molecule is COCCN(CCO)Cc1ccc(F)c(C#CCN)c1. The van der Waals surface area contributed by atoms with Gasteiger partial charge in [0.05, 0.1) is 25.3 Å². The summed E-state index contributed by atoms with van der Waals surface area (Å²) in [6, 6.07) is 4.85. The molecule has 110 valence electrons. The van der Waals surface area contributed by atoms with E-state index in [1.165, 1.54) is 6.07 Å². The minimum Gasteiger partial charge on any atom is -0.395 e. The van der Waals surface area contributed by atoms with Gasteiger partial charge in [0.15, 0.2) is 0 Å². The second kappa shape index (κ2) is 9.45. The number of rotatable bonds is 7. The van der Waals surface area contributed by atoms with Crippen LogP contribution >= 0.6 is 0 Å². The third kappa shape index (κ3) is 5.68. The van der Waals surface area contributed by atoms with Crippen molar-refractivity contribution in [1.82, 2.24) is 4.90 Å². The van der Waals surface area contributed by atoms with E-state index in [1.54, 1.807) is 19.2 Å². The second-order valence-electron chi connectivity index (χ2n) is 4.31. The monoisotopic (exact) mass is 280 g/mol. The van der Waals surface area contributed by atoms with Crippen LogP contribution in [-0.2, 0) is 11.3 Å². The maximum absolute atomic E-state index is 13.6. The maximum Gasteiger partial charge on any atom is 0.138 e. The number of hydrogen-bond donors (Lipinski definition) is 2. The molecule has 0 atom stereocenters. The number of nitrogens with zero attached hydrogens (tertiary/aromatic N) is 1. The highest BCUT2D eigenvalue weighted by molar-refractivity contribution is 5.38. The minimum absolute atomic E-state index is 0.0742. The Labute approximate surface area is 119 Å². The van der Waals surface area contributed by atoms with Gasteiger partial charge < -0.3 is 15.6 Å². The van der Waals surface area contributed by atoms with Crippen molar-refractivity contribution in [2.75, 3.05) is 40.0 Å². The van der Waals surface area contributed by atoms with Crippen molar-refractivity contribution in [1.29, 1.82) is 0 Å². The minimum atomic E-state index is -0.347. The first kappa shape index (κ1) is 16.6. The number of halogens is 1. The van der Waals surface area contributed by atoms with E-state index in [4.69, 9.17) is 15.6 Å². The van der Waals surface area contributed by atoms with Crippen molar-refractivity contribution >= 4 is 0 Å². The largest absolute Gasteiger partial charge is 0.395 e. The first-order chi connectivity index (χ1) is 9.71. The normalized spacial score (nSPS) is 10.4. The van der Waals surface area contributed by atoms with Gasteiger partial charge >= 0.3 is 0 Å². The maximum atomic E-state index is 13.6. The zero-order valence-electron chi connectivity index (χ0n) is 11.7. The first-order valence-corrected chi connectivity index (χ1v) is 6.50. The quantitative estimate of drug-likeness (QED) is 0.717. The van der Waals surface area contributed by atoms with Crippen LogP contribution in [0.4, 0.5) is 4.39 Å². The van der Waals surface area contributed by atoms with Gasteiger partial charge in [-0.2, -0.15) is 0 Å². The van der Waals surface area contributed by atoms with E-state index >= 15 is 0 Å². The van der Waals surface area contributed by atoms with E-state index in [2.05, 4.69) is 11.8 Å². The Morgan fingerprint density at radius 2 is 2.20 bits per heavy atom. The summed E-state index contributed by atoms with van der Waals surface area (Å²) in [5.41, 5.74) is 6.59. The third-order valence-corrected chi connectivity index (χ3v) is 2.79. The van der Waals surface area contributed by atoms with E-state index in [-0.39, 0.29) is 19.0 Å². The highest BCUT2D eigenvalue weighted by Crippen LogP contribution is 2.11. The van der Waals surface area contributed by atoms with Crippen LogP contribution in [-0.4, -0.2) is 50.0 Å². The molecule has 0 amide bonds. The average molecular weight is 280 g/mol. The Morgan fingerprint density at radius 3 is 2.85 bits per heavy atom. The summed E-state index contributed by atoms with van der Waals surface area (Å²) in [5, 5.41) is 9.05. The van der Waals surface area contributed by atoms with Crippen LogP contribution < -0.4 is 5.73 Å². The van der Waals surface area contributed by atoms with Crippen LogP contribution in [0.2, 0.25) is 0 Å². The van der Waals surface area contributed by atoms with Gasteiger partial charge in [-0.25, -0.2) is 4.39 Å². The second-order valence-corrected chi connectivity index (χ2v) is 4.31. The lowest BCUT2D eigenvalue weighted by Gasteiger charge is -2.21. The molecule has 0 aliphatic heterocycles. The Morgan fingerprint density at radius 1 is 1.40 bits per heavy atom. The summed E-state index contributed by atoms with van der Waals surface area (Å²) < 4.78 is 18.6. The molecule has 1 aromatic rings. The number of aliphatic hydroxyl groups excluding tert-OH is 1. The van der Waals surface area contributed by atoms with Gasteiger partial charge in [0.25, 0.3) is 0 Å². The van der Waals surface area contributed by atoms with E-state index in [0.29, 0.717) is 31.8 Å². The van der Waals surface area contributed by atoms with Crippen molar-refractivity contribution in [3.63, 3.8) is 0 Å². The molecule has 0 heterocycles. The van der Waals surface area contributed by atoms with Crippen LogP contribution in [0.15, 0.2) is 18.2 Å². The number of aliphatic hydroxyl groups is 1. The highest BCUT2D eigenvalue weighted by atomic mass is 19.1. The van der Waals surface area contributed by atoms with Gasteiger partial charge in [0.2, 0.25) is 0 Å². The molecule has 0 bridgehead atoms. The zero-order chi connectivity index (χ0) is 14.8. The van der Waals surface area contributed by atoms with Gasteiger partial charge in [-0.15, -0.1) is 0 Å². The van der Waals surface area contributed by atoms with E-state index < -0.39 is 0 Å². The van der Waals surface area contributed by atoms with E-state index in [0.717, 1.165) is 5.56 Å². The molecular weight excluding hydrogens is 259 g/mol. The molecule has 0 aliphatic rings. The molecule has 0 saturated carbocycles. The van der Waals surface area contributed by atoms with Gasteiger partial charge in [0.1, 0.15) is 5.82 Å². The highest BCUT2D eigenvalue weighted by Gasteiger charge is 2.07. The standard InChI is InChI=1S/C15H21FN2O2/c1-20-10-8-18(7-9-19)12-13-4-5-15(16)14(11-13)3-2-6-17/h4-5,11,19H,6-10,12,17H2,1H3. The van der Waals surface area contributed by atoms with Crippen LogP contribution in [0.1, 0.15) is 11.1 Å². The molecule has 0 radical (unpaired) electrons. The lowest BCUT2D eigenvalue weighted by molar-refractivity contribution is 0.127. The van der Waals surface area contributed by atoms with E-state index in [9.17, 15) is 4.39 Å². The molecule has 5 heteroatoms. The Balaban J connectivity index is 2.78. The lowest BCUT2D eigenvalue weighted by atomic mass is 10.1. The third-order valence-electron chi connectivity index (χ3n) is 2.79. The molecule has 4 nitrogen and oxygen atoms in total. The van der Waals surface area contributed by atoms with Crippen LogP contribution in [0.25, 0.3) is 0 Å². The van der Waals surface area contributed by atoms with Gasteiger partial charge in [-0.3, -0.25) is 4.90 Å². The molecule has 1 rings (SSSR count). The molecule has 3 N–H and O–H groups in total. The molecular formula is C15H21FN2O2. The molecule has 0 spiro atoms. The lowest BCUT2D eigenvalue weighted by Crippen LogP contribution is -2.29. The topological polar surface area (TPSA) is 58.7 Å². The number of nitrogens with two attached hydrogens (primary N) is 1. The van der Waals surface area contributed by atoms with Crippen LogP contribution in [0, 0.1) is 17.7 Å². The smallest absolute Gasteiger partial charge is 0.138 e. The first-order valence-electron chi connectivity index (χ1n) is 6.50. The fourth-order valence-electron chi connectivity index (χ4n) is 1.80. The zero-order valence-corrected chi connectivity index (χ0v) is 11.7. The summed E-state index contributed by atoms with van der Waals surface area (Å²) in [6.07, 6.45) is 0. The summed E-state index contributed by atoms with van der Waals surface area (Å²) >= 11 is 0. The summed E-state index contributed by atoms with van der Waals surface area (Å²) in [5.74, 6) is 5.02. The summed E-state index contributed by atoms with van der Waals surface area (Å²) in [6.45, 7) is 2.73. The fraction of sp³-hybridized carbons (Fsp3) is 0.467. The van der Waals surface area contributed by atoms with Crippen molar-refractivity contribution in [2.24, 2.45) is 5.73 Å². The predicted molar refractivity (Wildman–Crippen MR) is 76.6 cm³/mol. The predicted octanol–water partition coefficient (Wildman–Crippen LogP) is 0.577. The van der Waals surface area contributed by atoms with Gasteiger partial charge in [-0.05, 0) is 17.7 Å². The van der Waals surface area contributed by atoms with Crippen molar-refractivity contribution in [3.8, 4) is 11.8 Å². The van der Waals surface area contributed by atoms with Crippen LogP contribution in [0.5, 0.6) is 0 Å². The summed E-state index contributed by atoms with van der Waals surface area (Å²) in [4.78, 5) is 2.04. The fourth-order valence-corrected chi connectivity index (χ4v) is 1.80. The Kier molecular flexibility index (Phi) is 7.85. The van der Waals surface area contributed by atoms with Crippen LogP contribution in [0.3, 0.4) is 0 Å². The molecule has 0 aliphatic carbocycles. The van der Waals surface area contributed by atoms with Gasteiger partial charge in [0, 0.05) is 26.7 Å². The molecule has 0 unspecified atom stereocenters. The van der Waals surface area contributed by atoms with Gasteiger partial charge in [-0.1, -0.05) is 17.9 Å². The van der Waals surface area contributed by atoms with Crippen molar-refractivity contribution in [2.45, 2.75) is 6.54 Å². The Hall–Kier alpha value is -1.45. The average Bonchev–Trinajstić information content (AvgIpc) is 2.45. The molecule has 0 fully saturated rings. The number of ether oxygens (including phenoxy) is 1. The Bertz CT molecular complexity index is 469. The van der Waals surface area contributed by atoms with Crippen molar-refractivity contribution < 1.29 is 14.2 Å². The molecule has 0 saturated heterocycles. The number of benzene rings is 1. The van der Waals surface area contributed by atoms with E-state index in [1.807, 2.05) is 4.90 Å². The number of methoxy groups -OCH3 is 1. The molecule has 0 aromatic heterocycles. The van der Waals surface area contributed by atoms with Crippen molar-refractivity contribution in [3.05, 3.63) is 35.1 Å². The summed E-state index contributed by atoms with van der Waals surface area (Å²) in [7, 11) is 1.63. The molecule has 1 aromatic carbocycles. The number of hydrogen-bond acceptors (Lipinski definition) is 4.